The molecule has 5 nitrogen and oxygen atoms in total. The minimum atomic E-state index is -6.05. The minimum absolute atomic E-state index is 0.0197. The Balaban J connectivity index is 3.92. The quantitative estimate of drug-likeness (QED) is 0.247. The lowest BCUT2D eigenvalue weighted by atomic mass is 10.2. The van der Waals surface area contributed by atoms with Crippen LogP contribution in [-0.2, 0) is 19.1 Å². The number of unbranched alkanes of at least 4 members (excludes halogenated alkanes) is 2. The Morgan fingerprint density at radius 2 is 0.933 bits per heavy atom. The molecule has 0 aromatic rings. The molecule has 0 atom stereocenters. The summed E-state index contributed by atoms with van der Waals surface area (Å²) in [6.07, 6.45) is -11.7. The van der Waals surface area contributed by atoms with E-state index in [4.69, 9.17) is 0 Å². The Hall–Kier alpha value is -1.80. The third-order valence-corrected chi connectivity index (χ3v) is 3.56. The molecule has 0 bridgehead atoms. The van der Waals surface area contributed by atoms with Crippen molar-refractivity contribution in [2.75, 3.05) is 33.4 Å². The average Bonchev–Trinajstić information content (AvgIpc) is 2.58. The van der Waals surface area contributed by atoms with Crippen molar-refractivity contribution in [2.24, 2.45) is 0 Å². The molecule has 0 aromatic carbocycles. The standard InChI is InChI=1S/C15H19F10NO4/c1-26(6-2-4-8-29-10(27)12(16,17)14(20,21)22)7-3-5-9-30-11(28)13(18,19)15(23,24)25/h2-9H2,1H3. The number of halogens is 10. The van der Waals surface area contributed by atoms with Crippen LogP contribution in [0.4, 0.5) is 43.9 Å². The molecule has 0 heterocycles. The van der Waals surface area contributed by atoms with E-state index in [-0.39, 0.29) is 25.7 Å². The van der Waals surface area contributed by atoms with Gasteiger partial charge in [0, 0.05) is 0 Å². The van der Waals surface area contributed by atoms with Crippen molar-refractivity contribution in [3.63, 3.8) is 0 Å². The highest BCUT2D eigenvalue weighted by atomic mass is 19.4. The third kappa shape index (κ3) is 8.52. The van der Waals surface area contributed by atoms with Gasteiger partial charge in [0.05, 0.1) is 13.2 Å². The molecule has 0 aliphatic carbocycles. The molecule has 0 saturated heterocycles. The molecule has 15 heteroatoms. The van der Waals surface area contributed by atoms with Gasteiger partial charge in [-0.15, -0.1) is 0 Å². The van der Waals surface area contributed by atoms with Crippen LogP contribution in [0.2, 0.25) is 0 Å². The first kappa shape index (κ1) is 28.2. The van der Waals surface area contributed by atoms with Crippen LogP contribution in [0.3, 0.4) is 0 Å². The summed E-state index contributed by atoms with van der Waals surface area (Å²) < 4.78 is 130. The molecule has 0 aliphatic heterocycles. The minimum Gasteiger partial charge on any atom is -0.461 e. The highest BCUT2D eigenvalue weighted by Crippen LogP contribution is 2.37. The molecule has 0 amide bonds. The third-order valence-electron chi connectivity index (χ3n) is 3.56. The maximum atomic E-state index is 12.6. The van der Waals surface area contributed by atoms with Crippen LogP contribution in [0, 0.1) is 0 Å². The Labute approximate surface area is 164 Å². The van der Waals surface area contributed by atoms with Crippen molar-refractivity contribution in [3.05, 3.63) is 0 Å². The van der Waals surface area contributed by atoms with Crippen molar-refractivity contribution in [1.82, 2.24) is 4.90 Å². The van der Waals surface area contributed by atoms with Crippen LogP contribution in [0.1, 0.15) is 25.7 Å². The lowest BCUT2D eigenvalue weighted by Gasteiger charge is -2.19. The van der Waals surface area contributed by atoms with E-state index in [0.717, 1.165) is 0 Å². The van der Waals surface area contributed by atoms with Gasteiger partial charge in [-0.05, 0) is 45.8 Å². The first-order valence-corrected chi connectivity index (χ1v) is 8.36. The molecule has 178 valence electrons. The van der Waals surface area contributed by atoms with Crippen molar-refractivity contribution in [2.45, 2.75) is 49.9 Å². The van der Waals surface area contributed by atoms with E-state index >= 15 is 0 Å². The summed E-state index contributed by atoms with van der Waals surface area (Å²) >= 11 is 0. The summed E-state index contributed by atoms with van der Waals surface area (Å²) in [6.45, 7) is -0.748. The summed E-state index contributed by atoms with van der Waals surface area (Å²) in [5.74, 6) is -16.6. The van der Waals surface area contributed by atoms with E-state index in [1.54, 1.807) is 11.9 Å². The van der Waals surface area contributed by atoms with E-state index in [0.29, 0.717) is 13.1 Å². The second-order valence-corrected chi connectivity index (χ2v) is 6.13. The molecule has 0 rings (SSSR count). The highest BCUT2D eigenvalue weighted by Gasteiger charge is 2.65. The molecular weight excluding hydrogens is 448 g/mol. The molecule has 0 unspecified atom stereocenters. The van der Waals surface area contributed by atoms with Gasteiger partial charge in [0.1, 0.15) is 0 Å². The molecule has 0 aromatic heterocycles. The maximum Gasteiger partial charge on any atom is 0.465 e. The first-order valence-electron chi connectivity index (χ1n) is 8.36. The van der Waals surface area contributed by atoms with Gasteiger partial charge in [-0.1, -0.05) is 0 Å². The lowest BCUT2D eigenvalue weighted by Crippen LogP contribution is -2.45. The molecule has 30 heavy (non-hydrogen) atoms. The Morgan fingerprint density at radius 3 is 1.20 bits per heavy atom. The number of alkyl halides is 10. The zero-order valence-electron chi connectivity index (χ0n) is 15.5. The average molecular weight is 467 g/mol. The summed E-state index contributed by atoms with van der Waals surface area (Å²) in [7, 11) is 1.56. The van der Waals surface area contributed by atoms with Crippen LogP contribution in [0.15, 0.2) is 0 Å². The predicted octanol–water partition coefficient (Wildman–Crippen LogP) is 3.96. The molecule has 0 spiro atoms. The molecule has 0 fully saturated rings. The van der Waals surface area contributed by atoms with Crippen molar-refractivity contribution in [3.8, 4) is 0 Å². The number of rotatable bonds is 12. The number of esters is 2. The zero-order chi connectivity index (χ0) is 23.8. The van der Waals surface area contributed by atoms with E-state index in [1.165, 1.54) is 0 Å². The summed E-state index contributed by atoms with van der Waals surface area (Å²) in [5, 5.41) is 0. The van der Waals surface area contributed by atoms with Crippen LogP contribution in [-0.4, -0.2) is 74.4 Å². The van der Waals surface area contributed by atoms with E-state index < -0.39 is 49.4 Å². The van der Waals surface area contributed by atoms with Crippen LogP contribution in [0.25, 0.3) is 0 Å². The summed E-state index contributed by atoms with van der Waals surface area (Å²) in [6, 6.07) is 0. The fraction of sp³-hybridized carbons (Fsp3) is 0.867. The van der Waals surface area contributed by atoms with Crippen LogP contribution >= 0.6 is 0 Å². The largest absolute Gasteiger partial charge is 0.465 e. The molecule has 0 saturated carbocycles. The number of carbonyl (C=O) groups is 2. The van der Waals surface area contributed by atoms with Gasteiger partial charge in [-0.3, -0.25) is 0 Å². The smallest absolute Gasteiger partial charge is 0.461 e. The van der Waals surface area contributed by atoms with Crippen molar-refractivity contribution < 1.29 is 63.0 Å². The second-order valence-electron chi connectivity index (χ2n) is 6.13. The van der Waals surface area contributed by atoms with Gasteiger partial charge in [0.2, 0.25) is 0 Å². The van der Waals surface area contributed by atoms with Crippen molar-refractivity contribution in [1.29, 1.82) is 0 Å². The molecular formula is C15H19F10NO4. The van der Waals surface area contributed by atoms with Crippen LogP contribution < -0.4 is 0 Å². The van der Waals surface area contributed by atoms with Gasteiger partial charge < -0.3 is 14.4 Å². The van der Waals surface area contributed by atoms with E-state index in [9.17, 15) is 53.5 Å². The topological polar surface area (TPSA) is 55.8 Å². The zero-order valence-corrected chi connectivity index (χ0v) is 15.5. The molecule has 0 N–H and O–H groups in total. The highest BCUT2D eigenvalue weighted by molar-refractivity contribution is 5.79. The number of nitrogens with zero attached hydrogens (tertiary/aromatic N) is 1. The Kier molecular flexibility index (Phi) is 10.3. The fourth-order valence-corrected chi connectivity index (χ4v) is 1.82. The first-order chi connectivity index (χ1) is 13.4. The van der Waals surface area contributed by atoms with Gasteiger partial charge in [0.15, 0.2) is 0 Å². The Morgan fingerprint density at radius 1 is 0.633 bits per heavy atom. The maximum absolute atomic E-state index is 12.6. The summed E-state index contributed by atoms with van der Waals surface area (Å²) in [4.78, 5) is 23.1. The van der Waals surface area contributed by atoms with E-state index in [1.807, 2.05) is 0 Å². The van der Waals surface area contributed by atoms with Gasteiger partial charge in [-0.2, -0.15) is 43.9 Å². The number of ether oxygens (including phenoxy) is 2. The molecule has 0 radical (unpaired) electrons. The molecule has 0 aliphatic rings. The van der Waals surface area contributed by atoms with E-state index in [2.05, 4.69) is 9.47 Å². The monoisotopic (exact) mass is 467 g/mol. The fourth-order valence-electron chi connectivity index (χ4n) is 1.82. The predicted molar refractivity (Wildman–Crippen MR) is 79.9 cm³/mol. The normalized spacial score (nSPS) is 13.5. The van der Waals surface area contributed by atoms with Gasteiger partial charge >= 0.3 is 36.1 Å². The second kappa shape index (κ2) is 11.0. The van der Waals surface area contributed by atoms with Crippen molar-refractivity contribution >= 4 is 11.9 Å². The van der Waals surface area contributed by atoms with Gasteiger partial charge in [0.25, 0.3) is 0 Å². The van der Waals surface area contributed by atoms with Crippen LogP contribution in [0.5, 0.6) is 0 Å². The lowest BCUT2D eigenvalue weighted by molar-refractivity contribution is -0.280. The Bertz CT molecular complexity index is 515. The number of hydrogen-bond donors (Lipinski definition) is 0. The number of hydrogen-bond acceptors (Lipinski definition) is 5. The SMILES string of the molecule is CN(CCCCOC(=O)C(F)(F)C(F)(F)F)CCCCOC(=O)C(F)(F)C(F)(F)F. The van der Waals surface area contributed by atoms with Gasteiger partial charge in [-0.25, -0.2) is 9.59 Å². The summed E-state index contributed by atoms with van der Waals surface area (Å²) in [5.41, 5.74) is 0. The number of carbonyl (C=O) groups excluding carboxylic acids is 2.